The lowest BCUT2D eigenvalue weighted by Crippen LogP contribution is -1.83. The molecule has 30 heavy (non-hydrogen) atoms. The van der Waals surface area contributed by atoms with Crippen molar-refractivity contribution in [2.75, 3.05) is 0 Å². The molecule has 0 aliphatic rings. The first kappa shape index (κ1) is 17.9. The van der Waals surface area contributed by atoms with Gasteiger partial charge in [-0.1, -0.05) is 88.7 Å². The predicted octanol–water partition coefficient (Wildman–Crippen LogP) is 9.30. The third kappa shape index (κ3) is 2.96. The molecule has 1 heterocycles. The SMILES string of the molecule is Brc1cccc(-c2cccc(-c3ccc4c(ccc5c6ccccc6sc45)c3)c2)c1. The summed E-state index contributed by atoms with van der Waals surface area (Å²) in [5, 5.41) is 5.33. The minimum absolute atomic E-state index is 1.10. The number of fused-ring (bicyclic) bond motifs is 5. The minimum Gasteiger partial charge on any atom is -0.135 e. The van der Waals surface area contributed by atoms with E-state index in [1.807, 2.05) is 11.3 Å². The van der Waals surface area contributed by atoms with Crippen LogP contribution in [-0.2, 0) is 0 Å². The van der Waals surface area contributed by atoms with Gasteiger partial charge in [0.1, 0.15) is 0 Å². The maximum absolute atomic E-state index is 3.58. The molecule has 0 aliphatic heterocycles. The lowest BCUT2D eigenvalue weighted by atomic mass is 9.97. The van der Waals surface area contributed by atoms with Gasteiger partial charge in [0.05, 0.1) is 0 Å². The highest BCUT2D eigenvalue weighted by atomic mass is 79.9. The molecule has 0 atom stereocenters. The molecule has 0 saturated heterocycles. The van der Waals surface area contributed by atoms with Gasteiger partial charge >= 0.3 is 0 Å². The van der Waals surface area contributed by atoms with Crippen LogP contribution in [0.4, 0.5) is 0 Å². The van der Waals surface area contributed by atoms with Gasteiger partial charge in [0, 0.05) is 24.6 Å². The van der Waals surface area contributed by atoms with E-state index in [4.69, 9.17) is 0 Å². The van der Waals surface area contributed by atoms with Gasteiger partial charge < -0.3 is 0 Å². The van der Waals surface area contributed by atoms with Crippen molar-refractivity contribution in [3.05, 3.63) is 108 Å². The molecule has 0 amide bonds. The second kappa shape index (κ2) is 7.09. The molecule has 0 radical (unpaired) electrons. The van der Waals surface area contributed by atoms with Crippen molar-refractivity contribution in [3.8, 4) is 22.3 Å². The molecule has 0 N–H and O–H groups in total. The van der Waals surface area contributed by atoms with Gasteiger partial charge in [0.25, 0.3) is 0 Å². The fourth-order valence-electron chi connectivity index (χ4n) is 4.24. The van der Waals surface area contributed by atoms with Crippen LogP contribution in [0.5, 0.6) is 0 Å². The van der Waals surface area contributed by atoms with Crippen molar-refractivity contribution < 1.29 is 0 Å². The predicted molar refractivity (Wildman–Crippen MR) is 135 cm³/mol. The van der Waals surface area contributed by atoms with Crippen LogP contribution >= 0.6 is 27.3 Å². The fraction of sp³-hybridized carbons (Fsp3) is 0. The van der Waals surface area contributed by atoms with E-state index in [0.29, 0.717) is 0 Å². The van der Waals surface area contributed by atoms with Crippen molar-refractivity contribution >= 4 is 58.2 Å². The van der Waals surface area contributed by atoms with Crippen molar-refractivity contribution in [3.63, 3.8) is 0 Å². The topological polar surface area (TPSA) is 0 Å². The lowest BCUT2D eigenvalue weighted by molar-refractivity contribution is 1.58. The molecule has 0 saturated carbocycles. The van der Waals surface area contributed by atoms with Crippen LogP contribution in [-0.4, -0.2) is 0 Å². The van der Waals surface area contributed by atoms with E-state index < -0.39 is 0 Å². The monoisotopic (exact) mass is 464 g/mol. The lowest BCUT2D eigenvalue weighted by Gasteiger charge is -2.08. The average molecular weight is 465 g/mol. The van der Waals surface area contributed by atoms with Crippen molar-refractivity contribution in [2.45, 2.75) is 0 Å². The normalized spacial score (nSPS) is 11.5. The summed E-state index contributed by atoms with van der Waals surface area (Å²) in [7, 11) is 0. The summed E-state index contributed by atoms with van der Waals surface area (Å²) in [6, 6.07) is 37.3. The van der Waals surface area contributed by atoms with Gasteiger partial charge in [0.15, 0.2) is 0 Å². The van der Waals surface area contributed by atoms with E-state index in [1.165, 1.54) is 53.2 Å². The first-order valence-corrected chi connectivity index (χ1v) is 11.6. The minimum atomic E-state index is 1.10. The smallest absolute Gasteiger partial charge is 0.0433 e. The van der Waals surface area contributed by atoms with Gasteiger partial charge in [0.2, 0.25) is 0 Å². The molecule has 0 bridgehead atoms. The van der Waals surface area contributed by atoms with E-state index in [0.717, 1.165) is 4.47 Å². The van der Waals surface area contributed by atoms with Crippen LogP contribution in [0.25, 0.3) is 53.2 Å². The first-order chi connectivity index (χ1) is 14.8. The highest BCUT2D eigenvalue weighted by molar-refractivity contribution is 9.10. The molecule has 1 aromatic heterocycles. The molecule has 0 aliphatic carbocycles. The van der Waals surface area contributed by atoms with Crippen LogP contribution in [0.3, 0.4) is 0 Å². The van der Waals surface area contributed by atoms with Crippen LogP contribution in [0.2, 0.25) is 0 Å². The Labute approximate surface area is 187 Å². The third-order valence-electron chi connectivity index (χ3n) is 5.71. The zero-order valence-corrected chi connectivity index (χ0v) is 18.5. The maximum Gasteiger partial charge on any atom is 0.0433 e. The molecular weight excluding hydrogens is 448 g/mol. The van der Waals surface area contributed by atoms with Gasteiger partial charge in [-0.05, 0) is 63.4 Å². The van der Waals surface area contributed by atoms with E-state index in [2.05, 4.69) is 119 Å². The van der Waals surface area contributed by atoms with Crippen LogP contribution < -0.4 is 0 Å². The van der Waals surface area contributed by atoms with Crippen molar-refractivity contribution in [1.82, 2.24) is 0 Å². The fourth-order valence-corrected chi connectivity index (χ4v) is 5.87. The van der Waals surface area contributed by atoms with Gasteiger partial charge in [-0.2, -0.15) is 0 Å². The average Bonchev–Trinajstić information content (AvgIpc) is 3.18. The molecule has 0 nitrogen and oxygen atoms in total. The van der Waals surface area contributed by atoms with E-state index in [-0.39, 0.29) is 0 Å². The highest BCUT2D eigenvalue weighted by Crippen LogP contribution is 2.39. The number of rotatable bonds is 2. The Morgan fingerprint density at radius 1 is 0.500 bits per heavy atom. The van der Waals surface area contributed by atoms with Gasteiger partial charge in [-0.3, -0.25) is 0 Å². The Hall–Kier alpha value is -2.94. The van der Waals surface area contributed by atoms with E-state index in [1.54, 1.807) is 0 Å². The summed E-state index contributed by atoms with van der Waals surface area (Å²) >= 11 is 5.47. The number of thiophene rings is 1. The second-order valence-corrected chi connectivity index (χ2v) is 9.54. The summed E-state index contributed by atoms with van der Waals surface area (Å²) in [4.78, 5) is 0. The van der Waals surface area contributed by atoms with Crippen LogP contribution in [0.15, 0.2) is 108 Å². The second-order valence-electron chi connectivity index (χ2n) is 7.57. The maximum atomic E-state index is 3.58. The molecule has 5 aromatic carbocycles. The Balaban J connectivity index is 1.49. The van der Waals surface area contributed by atoms with Crippen molar-refractivity contribution in [1.29, 1.82) is 0 Å². The molecule has 0 spiro atoms. The van der Waals surface area contributed by atoms with Gasteiger partial charge in [-0.15, -0.1) is 11.3 Å². The number of benzene rings is 5. The van der Waals surface area contributed by atoms with Crippen LogP contribution in [0, 0.1) is 0 Å². The molecule has 0 fully saturated rings. The summed E-state index contributed by atoms with van der Waals surface area (Å²) < 4.78 is 3.83. The zero-order chi connectivity index (χ0) is 20.1. The highest BCUT2D eigenvalue weighted by Gasteiger charge is 2.09. The Bertz CT molecular complexity index is 1560. The third-order valence-corrected chi connectivity index (χ3v) is 7.43. The van der Waals surface area contributed by atoms with Crippen molar-refractivity contribution in [2.24, 2.45) is 0 Å². The first-order valence-electron chi connectivity index (χ1n) is 9.97. The Kier molecular flexibility index (Phi) is 4.22. The summed E-state index contributed by atoms with van der Waals surface area (Å²) in [5.74, 6) is 0. The number of hydrogen-bond acceptors (Lipinski definition) is 1. The Morgan fingerprint density at radius 3 is 2.03 bits per heavy atom. The molecule has 0 unspecified atom stereocenters. The van der Waals surface area contributed by atoms with Gasteiger partial charge in [-0.25, -0.2) is 0 Å². The Morgan fingerprint density at radius 2 is 1.20 bits per heavy atom. The quantitative estimate of drug-likeness (QED) is 0.239. The zero-order valence-electron chi connectivity index (χ0n) is 16.1. The molecule has 2 heteroatoms. The number of hydrogen-bond donors (Lipinski definition) is 0. The number of halogens is 1. The standard InChI is InChI=1S/C28H17BrS/c29-23-8-4-7-20(17-23)18-5-3-6-19(15-18)21-11-13-24-22(16-21)12-14-26-25-9-1-2-10-27(25)30-28(24)26/h1-17H. The summed E-state index contributed by atoms with van der Waals surface area (Å²) in [5.41, 5.74) is 4.94. The molecule has 6 aromatic rings. The summed E-state index contributed by atoms with van der Waals surface area (Å²) in [6.45, 7) is 0. The van der Waals surface area contributed by atoms with E-state index >= 15 is 0 Å². The largest absolute Gasteiger partial charge is 0.135 e. The van der Waals surface area contributed by atoms with Crippen LogP contribution in [0.1, 0.15) is 0 Å². The molecular formula is C28H17BrS. The molecule has 142 valence electrons. The molecule has 6 rings (SSSR count). The summed E-state index contributed by atoms with van der Waals surface area (Å²) in [6.07, 6.45) is 0. The van der Waals surface area contributed by atoms with E-state index in [9.17, 15) is 0 Å².